The Labute approximate surface area is 193 Å². The Balaban J connectivity index is 1.63. The third-order valence-corrected chi connectivity index (χ3v) is 5.25. The van der Waals surface area contributed by atoms with Crippen molar-refractivity contribution in [1.82, 2.24) is 10.3 Å². The van der Waals surface area contributed by atoms with Gasteiger partial charge in [-0.25, -0.2) is 14.4 Å². The van der Waals surface area contributed by atoms with E-state index in [9.17, 15) is 9.65 Å². The van der Waals surface area contributed by atoms with Gasteiger partial charge in [-0.15, -0.1) is 0 Å². The molecule has 1 atom stereocenters. The molecule has 0 bridgehead atoms. The topological polar surface area (TPSA) is 158 Å². The SMILES string of the molecule is N#CNC1=NC(c2ccc(OCc3ccc(Cl)c(F)c3)cc2)c2c(nc(N)c(C#N)c2N)N1. The molecule has 0 aliphatic carbocycles. The lowest BCUT2D eigenvalue weighted by Gasteiger charge is -2.26. The van der Waals surface area contributed by atoms with Crippen LogP contribution in [0.5, 0.6) is 5.75 Å². The molecule has 0 spiro atoms. The van der Waals surface area contributed by atoms with Crippen molar-refractivity contribution < 1.29 is 9.13 Å². The molecule has 164 valence electrons. The zero-order chi connectivity index (χ0) is 23.5. The van der Waals surface area contributed by atoms with Crippen LogP contribution in [0.4, 0.5) is 21.7 Å². The number of aromatic nitrogens is 1. The van der Waals surface area contributed by atoms with Crippen molar-refractivity contribution in [1.29, 1.82) is 10.5 Å². The number of anilines is 3. The summed E-state index contributed by atoms with van der Waals surface area (Å²) in [6.45, 7) is 0.152. The standard InChI is InChI=1S/C22H16ClFN8O/c23-15-6-1-11(7-16(15)24)9-33-13-4-2-12(3-5-13)19-17-18(27)14(8-25)20(28)31-21(17)32-22(30-19)29-10-26/h1-7,19H,9H2,(H6,27,28,29,30,31,32). The zero-order valence-electron chi connectivity index (χ0n) is 16.9. The van der Waals surface area contributed by atoms with Gasteiger partial charge >= 0.3 is 0 Å². The number of ether oxygens (including phenoxy) is 1. The summed E-state index contributed by atoms with van der Waals surface area (Å²) in [6, 6.07) is 12.8. The number of hydrogen-bond acceptors (Lipinski definition) is 9. The van der Waals surface area contributed by atoms with Gasteiger partial charge in [0.1, 0.15) is 47.5 Å². The maximum Gasteiger partial charge on any atom is 0.211 e. The molecule has 4 rings (SSSR count). The van der Waals surface area contributed by atoms with E-state index in [1.165, 1.54) is 12.1 Å². The fourth-order valence-corrected chi connectivity index (χ4v) is 3.48. The lowest BCUT2D eigenvalue weighted by molar-refractivity contribution is 0.305. The normalized spacial score (nSPS) is 14.2. The number of nitrogens with zero attached hydrogens (tertiary/aromatic N) is 4. The van der Waals surface area contributed by atoms with Crippen molar-refractivity contribution >= 4 is 34.9 Å². The van der Waals surface area contributed by atoms with Gasteiger partial charge in [0.05, 0.1) is 10.7 Å². The predicted molar refractivity (Wildman–Crippen MR) is 122 cm³/mol. The van der Waals surface area contributed by atoms with Gasteiger partial charge in [-0.3, -0.25) is 5.32 Å². The van der Waals surface area contributed by atoms with Crippen LogP contribution in [0, 0.1) is 28.6 Å². The molecule has 0 fully saturated rings. The first-order chi connectivity index (χ1) is 15.9. The summed E-state index contributed by atoms with van der Waals surface area (Å²) >= 11 is 5.70. The van der Waals surface area contributed by atoms with E-state index in [2.05, 4.69) is 20.6 Å². The van der Waals surface area contributed by atoms with Gasteiger partial charge in [0, 0.05) is 5.56 Å². The maximum absolute atomic E-state index is 13.6. The molecule has 1 aliphatic rings. The summed E-state index contributed by atoms with van der Waals surface area (Å²) in [7, 11) is 0. The Bertz CT molecular complexity index is 1340. The fourth-order valence-electron chi connectivity index (χ4n) is 3.36. The van der Waals surface area contributed by atoms with Gasteiger partial charge in [0.25, 0.3) is 0 Å². The molecule has 1 aromatic heterocycles. The van der Waals surface area contributed by atoms with E-state index in [0.717, 1.165) is 0 Å². The van der Waals surface area contributed by atoms with Gasteiger partial charge in [0.2, 0.25) is 5.96 Å². The number of benzene rings is 2. The van der Waals surface area contributed by atoms with Gasteiger partial charge in [-0.05, 0) is 35.4 Å². The second-order valence-electron chi connectivity index (χ2n) is 7.01. The highest BCUT2D eigenvalue weighted by atomic mass is 35.5. The van der Waals surface area contributed by atoms with E-state index in [4.69, 9.17) is 33.1 Å². The van der Waals surface area contributed by atoms with Crippen LogP contribution in [0.25, 0.3) is 0 Å². The molecule has 1 unspecified atom stereocenters. The molecule has 0 saturated carbocycles. The molecular weight excluding hydrogens is 447 g/mol. The largest absolute Gasteiger partial charge is 0.489 e. The van der Waals surface area contributed by atoms with E-state index >= 15 is 0 Å². The minimum absolute atomic E-state index is 0.0272. The van der Waals surface area contributed by atoms with Crippen molar-refractivity contribution in [3.8, 4) is 18.0 Å². The smallest absolute Gasteiger partial charge is 0.211 e. The fraction of sp³-hybridized carbons (Fsp3) is 0.0909. The summed E-state index contributed by atoms with van der Waals surface area (Å²) in [5.41, 5.74) is 14.1. The van der Waals surface area contributed by atoms with Gasteiger partial charge in [-0.1, -0.05) is 29.8 Å². The summed E-state index contributed by atoms with van der Waals surface area (Å²) in [5.74, 6) is 0.466. The van der Waals surface area contributed by atoms with Crippen LogP contribution in [0.1, 0.15) is 28.3 Å². The zero-order valence-corrected chi connectivity index (χ0v) is 17.7. The van der Waals surface area contributed by atoms with Gasteiger partial charge < -0.3 is 21.5 Å². The first kappa shape index (κ1) is 21.7. The molecular formula is C22H16ClFN8O. The van der Waals surface area contributed by atoms with Crippen LogP contribution in [-0.4, -0.2) is 10.9 Å². The minimum atomic E-state index is -0.656. The molecule has 2 aromatic carbocycles. The van der Waals surface area contributed by atoms with E-state index < -0.39 is 11.9 Å². The average Bonchev–Trinajstić information content (AvgIpc) is 2.80. The van der Waals surface area contributed by atoms with Gasteiger partial charge in [-0.2, -0.15) is 10.5 Å². The molecule has 11 heteroatoms. The Morgan fingerprint density at radius 1 is 1.18 bits per heavy atom. The first-order valence-corrected chi connectivity index (χ1v) is 9.94. The number of aliphatic imine (C=N–C) groups is 1. The molecule has 0 amide bonds. The highest BCUT2D eigenvalue weighted by molar-refractivity contribution is 6.30. The average molecular weight is 463 g/mol. The Kier molecular flexibility index (Phi) is 5.85. The first-order valence-electron chi connectivity index (χ1n) is 9.56. The predicted octanol–water partition coefficient (Wildman–Crippen LogP) is 3.43. The third kappa shape index (κ3) is 4.28. The van der Waals surface area contributed by atoms with Crippen LogP contribution in [0.3, 0.4) is 0 Å². The molecule has 1 aliphatic heterocycles. The van der Waals surface area contributed by atoms with Crippen LogP contribution < -0.4 is 26.8 Å². The monoisotopic (exact) mass is 462 g/mol. The van der Waals surface area contributed by atoms with Crippen LogP contribution in [0.2, 0.25) is 5.02 Å². The quantitative estimate of drug-likeness (QED) is 0.339. The number of halogens is 2. The summed E-state index contributed by atoms with van der Waals surface area (Å²) in [6.07, 6.45) is 1.80. The van der Waals surface area contributed by atoms with Gasteiger partial charge in [0.15, 0.2) is 6.19 Å². The van der Waals surface area contributed by atoms with Crippen LogP contribution in [0.15, 0.2) is 47.5 Å². The van der Waals surface area contributed by atoms with E-state index in [0.29, 0.717) is 28.3 Å². The van der Waals surface area contributed by atoms with E-state index in [1.807, 2.05) is 6.07 Å². The molecule has 9 nitrogen and oxygen atoms in total. The van der Waals surface area contributed by atoms with Crippen molar-refractivity contribution in [2.45, 2.75) is 12.6 Å². The highest BCUT2D eigenvalue weighted by Gasteiger charge is 2.29. The molecule has 2 heterocycles. The minimum Gasteiger partial charge on any atom is -0.489 e. The Morgan fingerprint density at radius 3 is 2.61 bits per heavy atom. The Hall–Kier alpha value is -4.54. The number of guanidine groups is 1. The van der Waals surface area contributed by atoms with Crippen LogP contribution >= 0.6 is 11.6 Å². The van der Waals surface area contributed by atoms with E-state index in [1.54, 1.807) is 36.5 Å². The van der Waals surface area contributed by atoms with Crippen molar-refractivity contribution in [3.05, 3.63) is 75.6 Å². The molecule has 33 heavy (non-hydrogen) atoms. The molecule has 0 radical (unpaired) electrons. The van der Waals surface area contributed by atoms with E-state index in [-0.39, 0.29) is 34.7 Å². The lowest BCUT2D eigenvalue weighted by atomic mass is 9.95. The van der Waals surface area contributed by atoms with Crippen molar-refractivity contribution in [3.63, 3.8) is 0 Å². The van der Waals surface area contributed by atoms with Crippen LogP contribution in [-0.2, 0) is 6.61 Å². The third-order valence-electron chi connectivity index (χ3n) is 4.94. The number of nitrogens with one attached hydrogen (secondary N) is 2. The van der Waals surface area contributed by atoms with Crippen molar-refractivity contribution in [2.75, 3.05) is 16.8 Å². The number of nitrogens with two attached hydrogens (primary N) is 2. The molecule has 3 aromatic rings. The molecule has 0 saturated heterocycles. The number of rotatable bonds is 4. The number of nitrogen functional groups attached to an aromatic ring is 2. The number of fused-ring (bicyclic) bond motifs is 1. The summed E-state index contributed by atoms with van der Waals surface area (Å²) in [5, 5.41) is 23.8. The second kappa shape index (κ2) is 8.91. The van der Waals surface area contributed by atoms with Crippen molar-refractivity contribution in [2.24, 2.45) is 4.99 Å². The number of nitriles is 2. The number of pyridine rings is 1. The molecule has 6 N–H and O–H groups in total. The summed E-state index contributed by atoms with van der Waals surface area (Å²) in [4.78, 5) is 8.71. The second-order valence-corrected chi connectivity index (χ2v) is 7.42. The lowest BCUT2D eigenvalue weighted by Crippen LogP contribution is -2.32. The summed E-state index contributed by atoms with van der Waals surface area (Å²) < 4.78 is 19.3. The number of hydrogen-bond donors (Lipinski definition) is 4. The highest BCUT2D eigenvalue weighted by Crippen LogP contribution is 2.40. The Morgan fingerprint density at radius 2 is 1.94 bits per heavy atom. The maximum atomic E-state index is 13.6.